The summed E-state index contributed by atoms with van der Waals surface area (Å²) >= 11 is 0. The number of hydrogen-bond donors (Lipinski definition) is 1. The molecule has 2 aromatic carbocycles. The van der Waals surface area contributed by atoms with Gasteiger partial charge in [-0.05, 0) is 43.2 Å². The molecule has 0 saturated heterocycles. The molecule has 2 aromatic rings. The van der Waals surface area contributed by atoms with Gasteiger partial charge in [0.1, 0.15) is 0 Å². The van der Waals surface area contributed by atoms with Crippen molar-refractivity contribution in [3.05, 3.63) is 59.7 Å². The summed E-state index contributed by atoms with van der Waals surface area (Å²) in [5.41, 5.74) is 2.08. The number of rotatable bonds is 5. The van der Waals surface area contributed by atoms with E-state index >= 15 is 0 Å². The van der Waals surface area contributed by atoms with E-state index in [0.29, 0.717) is 11.3 Å². The molecule has 0 fully saturated rings. The van der Waals surface area contributed by atoms with Gasteiger partial charge in [0.05, 0.1) is 4.90 Å². The molecule has 21 heavy (non-hydrogen) atoms. The zero-order chi connectivity index (χ0) is 15.5. The molecule has 0 aliphatic heterocycles. The largest absolute Gasteiger partial charge is 0.295 e. The van der Waals surface area contributed by atoms with Gasteiger partial charge in [-0.1, -0.05) is 31.2 Å². The van der Waals surface area contributed by atoms with Gasteiger partial charge in [0.15, 0.2) is 5.78 Å². The standard InChI is InChI=1S/C16H17NO3S/c1-3-13-5-4-6-15(11-13)17-21(19,20)16-9-7-14(8-10-16)12(2)18/h4-11,17H,3H2,1-2H3. The summed E-state index contributed by atoms with van der Waals surface area (Å²) in [7, 11) is -3.64. The quantitative estimate of drug-likeness (QED) is 0.862. The van der Waals surface area contributed by atoms with Gasteiger partial charge in [0.25, 0.3) is 10.0 Å². The molecule has 0 aliphatic rings. The highest BCUT2D eigenvalue weighted by Gasteiger charge is 2.14. The Kier molecular flexibility index (Phi) is 4.43. The second-order valence-corrected chi connectivity index (χ2v) is 6.42. The molecule has 0 heterocycles. The van der Waals surface area contributed by atoms with Gasteiger partial charge >= 0.3 is 0 Å². The first-order chi connectivity index (χ1) is 9.92. The van der Waals surface area contributed by atoms with Crippen LogP contribution in [0.25, 0.3) is 0 Å². The Morgan fingerprint density at radius 2 is 1.76 bits per heavy atom. The van der Waals surface area contributed by atoms with Crippen LogP contribution in [0.4, 0.5) is 5.69 Å². The van der Waals surface area contributed by atoms with E-state index in [2.05, 4.69) is 4.72 Å². The number of nitrogens with one attached hydrogen (secondary N) is 1. The lowest BCUT2D eigenvalue weighted by molar-refractivity contribution is 0.101. The lowest BCUT2D eigenvalue weighted by Crippen LogP contribution is -2.13. The number of carbonyl (C=O) groups is 1. The number of hydrogen-bond acceptors (Lipinski definition) is 3. The molecule has 2 rings (SSSR count). The topological polar surface area (TPSA) is 63.2 Å². The lowest BCUT2D eigenvalue weighted by atomic mass is 10.1. The van der Waals surface area contributed by atoms with Crippen molar-refractivity contribution in [1.82, 2.24) is 0 Å². The Bertz CT molecular complexity index is 749. The summed E-state index contributed by atoms with van der Waals surface area (Å²) in [5.74, 6) is -0.0949. The van der Waals surface area contributed by atoms with Crippen molar-refractivity contribution in [2.24, 2.45) is 0 Å². The fourth-order valence-electron chi connectivity index (χ4n) is 1.94. The van der Waals surface area contributed by atoms with Crippen molar-refractivity contribution in [1.29, 1.82) is 0 Å². The zero-order valence-corrected chi connectivity index (χ0v) is 12.8. The van der Waals surface area contributed by atoms with E-state index in [1.807, 2.05) is 25.1 Å². The van der Waals surface area contributed by atoms with Crippen LogP contribution in [-0.2, 0) is 16.4 Å². The van der Waals surface area contributed by atoms with Crippen LogP contribution >= 0.6 is 0 Å². The molecule has 0 bridgehead atoms. The van der Waals surface area contributed by atoms with Crippen molar-refractivity contribution >= 4 is 21.5 Å². The van der Waals surface area contributed by atoms with Crippen LogP contribution in [0.5, 0.6) is 0 Å². The summed E-state index contributed by atoms with van der Waals surface area (Å²) in [6.07, 6.45) is 0.836. The number of aryl methyl sites for hydroxylation is 1. The second kappa shape index (κ2) is 6.10. The van der Waals surface area contributed by atoms with Crippen LogP contribution in [0, 0.1) is 0 Å². The third-order valence-electron chi connectivity index (χ3n) is 3.16. The smallest absolute Gasteiger partial charge is 0.261 e. The molecular formula is C16H17NO3S. The van der Waals surface area contributed by atoms with Crippen molar-refractivity contribution in [2.75, 3.05) is 4.72 Å². The third kappa shape index (κ3) is 3.70. The highest BCUT2D eigenvalue weighted by Crippen LogP contribution is 2.18. The van der Waals surface area contributed by atoms with Crippen molar-refractivity contribution in [2.45, 2.75) is 25.2 Å². The molecular weight excluding hydrogens is 286 g/mol. The fourth-order valence-corrected chi connectivity index (χ4v) is 2.99. The lowest BCUT2D eigenvalue weighted by Gasteiger charge is -2.09. The van der Waals surface area contributed by atoms with E-state index in [9.17, 15) is 13.2 Å². The average molecular weight is 303 g/mol. The van der Waals surface area contributed by atoms with Crippen LogP contribution in [-0.4, -0.2) is 14.2 Å². The molecule has 0 radical (unpaired) electrons. The molecule has 0 spiro atoms. The van der Waals surface area contributed by atoms with E-state index in [1.54, 1.807) is 6.07 Å². The Hall–Kier alpha value is -2.14. The molecule has 0 aliphatic carbocycles. The van der Waals surface area contributed by atoms with Gasteiger partial charge in [-0.15, -0.1) is 0 Å². The Morgan fingerprint density at radius 3 is 2.33 bits per heavy atom. The first-order valence-corrected chi connectivity index (χ1v) is 8.13. The van der Waals surface area contributed by atoms with Gasteiger partial charge in [-0.2, -0.15) is 0 Å². The van der Waals surface area contributed by atoms with E-state index in [4.69, 9.17) is 0 Å². The van der Waals surface area contributed by atoms with E-state index in [-0.39, 0.29) is 10.7 Å². The molecule has 1 N–H and O–H groups in total. The number of ketones is 1. The number of anilines is 1. The monoisotopic (exact) mass is 303 g/mol. The number of benzene rings is 2. The predicted molar refractivity (Wildman–Crippen MR) is 83.1 cm³/mol. The predicted octanol–water partition coefficient (Wildman–Crippen LogP) is 3.25. The molecule has 0 amide bonds. The number of carbonyl (C=O) groups excluding carboxylic acids is 1. The van der Waals surface area contributed by atoms with E-state index < -0.39 is 10.0 Å². The van der Waals surface area contributed by atoms with E-state index in [1.165, 1.54) is 31.2 Å². The summed E-state index contributed by atoms with van der Waals surface area (Å²) < 4.78 is 27.1. The highest BCUT2D eigenvalue weighted by molar-refractivity contribution is 7.92. The Labute approximate surface area is 124 Å². The SMILES string of the molecule is CCc1cccc(NS(=O)(=O)c2ccc(C(C)=O)cc2)c1. The molecule has 110 valence electrons. The third-order valence-corrected chi connectivity index (χ3v) is 4.56. The first kappa shape index (κ1) is 15.3. The molecule has 5 heteroatoms. The Balaban J connectivity index is 2.27. The van der Waals surface area contributed by atoms with Crippen LogP contribution in [0.2, 0.25) is 0 Å². The van der Waals surface area contributed by atoms with Gasteiger partial charge in [0.2, 0.25) is 0 Å². The van der Waals surface area contributed by atoms with Crippen LogP contribution in [0.3, 0.4) is 0 Å². The highest BCUT2D eigenvalue weighted by atomic mass is 32.2. The minimum absolute atomic E-state index is 0.0949. The molecule has 0 aromatic heterocycles. The van der Waals surface area contributed by atoms with Crippen LogP contribution in [0.15, 0.2) is 53.4 Å². The maximum Gasteiger partial charge on any atom is 0.261 e. The summed E-state index contributed by atoms with van der Waals surface area (Å²) in [5, 5.41) is 0. The summed E-state index contributed by atoms with van der Waals surface area (Å²) in [6, 6.07) is 13.2. The molecule has 0 unspecified atom stereocenters. The fraction of sp³-hybridized carbons (Fsp3) is 0.188. The Morgan fingerprint density at radius 1 is 1.10 bits per heavy atom. The zero-order valence-electron chi connectivity index (χ0n) is 12.0. The number of Topliss-reactive ketones (excluding diaryl/α,β-unsaturated/α-hetero) is 1. The molecule has 0 atom stereocenters. The minimum Gasteiger partial charge on any atom is -0.295 e. The van der Waals surface area contributed by atoms with Crippen LogP contribution in [0.1, 0.15) is 29.8 Å². The van der Waals surface area contributed by atoms with E-state index in [0.717, 1.165) is 12.0 Å². The van der Waals surface area contributed by atoms with Crippen molar-refractivity contribution < 1.29 is 13.2 Å². The average Bonchev–Trinajstić information content (AvgIpc) is 2.47. The minimum atomic E-state index is -3.64. The van der Waals surface area contributed by atoms with Crippen molar-refractivity contribution in [3.63, 3.8) is 0 Å². The normalized spacial score (nSPS) is 11.1. The summed E-state index contributed by atoms with van der Waals surface area (Å²) in [6.45, 7) is 3.45. The van der Waals surface area contributed by atoms with Crippen molar-refractivity contribution in [3.8, 4) is 0 Å². The molecule has 4 nitrogen and oxygen atoms in total. The first-order valence-electron chi connectivity index (χ1n) is 6.65. The molecule has 0 saturated carbocycles. The van der Waals surface area contributed by atoms with Gasteiger partial charge in [-0.3, -0.25) is 9.52 Å². The van der Waals surface area contributed by atoms with Crippen LogP contribution < -0.4 is 4.72 Å². The summed E-state index contributed by atoms with van der Waals surface area (Å²) in [4.78, 5) is 11.3. The van der Waals surface area contributed by atoms with Gasteiger partial charge in [0, 0.05) is 11.3 Å². The maximum absolute atomic E-state index is 12.3. The van der Waals surface area contributed by atoms with Gasteiger partial charge < -0.3 is 0 Å². The number of sulfonamides is 1. The second-order valence-electron chi connectivity index (χ2n) is 4.74. The maximum atomic E-state index is 12.3. The van der Waals surface area contributed by atoms with Gasteiger partial charge in [-0.25, -0.2) is 8.42 Å².